The molecule has 36 heavy (non-hydrogen) atoms. The van der Waals surface area contributed by atoms with E-state index >= 15 is 0 Å². The van der Waals surface area contributed by atoms with Gasteiger partial charge >= 0.3 is 6.03 Å². The van der Waals surface area contributed by atoms with Gasteiger partial charge in [-0.25, -0.2) is 14.8 Å². The lowest BCUT2D eigenvalue weighted by Gasteiger charge is -2.30. The van der Waals surface area contributed by atoms with Crippen LogP contribution >= 0.6 is 0 Å². The number of amides is 2. The Balaban J connectivity index is 1.27. The largest absolute Gasteiger partial charge is 0.507 e. The predicted molar refractivity (Wildman–Crippen MR) is 137 cm³/mol. The average molecular weight is 484 g/mol. The van der Waals surface area contributed by atoms with Gasteiger partial charge in [0.1, 0.15) is 5.75 Å². The number of aromatic nitrogens is 2. The van der Waals surface area contributed by atoms with Gasteiger partial charge in [0.05, 0.1) is 25.1 Å². The Labute approximate surface area is 210 Å². The van der Waals surface area contributed by atoms with Crippen molar-refractivity contribution in [2.24, 2.45) is 0 Å². The third-order valence-corrected chi connectivity index (χ3v) is 6.89. The van der Waals surface area contributed by atoms with Crippen LogP contribution in [0.5, 0.6) is 11.6 Å². The maximum atomic E-state index is 13.0. The molecule has 0 unspecified atom stereocenters. The number of phenolic OH excluding ortho intramolecular Hbond substituents is 1. The predicted octanol–water partition coefficient (Wildman–Crippen LogP) is 3.69. The second kappa shape index (κ2) is 10.7. The number of nitrogens with one attached hydrogen (secondary N) is 1. The molecule has 2 saturated heterocycles. The van der Waals surface area contributed by atoms with Crippen LogP contribution in [0.4, 0.5) is 10.6 Å². The maximum absolute atomic E-state index is 13.0. The van der Waals surface area contributed by atoms with Crippen LogP contribution < -0.4 is 10.1 Å². The maximum Gasteiger partial charge on any atom is 0.323 e. The molecule has 0 aliphatic carbocycles. The number of aromatic hydroxyl groups is 1. The molecule has 0 radical (unpaired) electrons. The molecule has 3 heterocycles. The zero-order chi connectivity index (χ0) is 24.9. The van der Waals surface area contributed by atoms with Crippen LogP contribution in [0.15, 0.2) is 60.9 Å². The highest BCUT2D eigenvalue weighted by atomic mass is 16.5. The number of nitrogens with zero attached hydrogens (tertiary/aromatic N) is 4. The van der Waals surface area contributed by atoms with Crippen molar-refractivity contribution in [3.63, 3.8) is 0 Å². The zero-order valence-corrected chi connectivity index (χ0v) is 20.2. The van der Waals surface area contributed by atoms with Crippen molar-refractivity contribution < 1.29 is 14.6 Å². The number of hydrogen-bond donors (Lipinski definition) is 2. The van der Waals surface area contributed by atoms with Gasteiger partial charge in [-0.05, 0) is 49.2 Å². The number of ether oxygens (including phenoxy) is 1. The fraction of sp³-hybridized carbons (Fsp3) is 0.321. The van der Waals surface area contributed by atoms with Gasteiger partial charge in [-0.2, -0.15) is 0 Å². The minimum atomic E-state index is -0.156. The number of rotatable bonds is 3. The van der Waals surface area contributed by atoms with Crippen LogP contribution in [0.2, 0.25) is 0 Å². The number of methoxy groups -OCH3 is 1. The van der Waals surface area contributed by atoms with E-state index in [0.29, 0.717) is 36.3 Å². The van der Waals surface area contributed by atoms with Gasteiger partial charge in [0.2, 0.25) is 5.88 Å². The Morgan fingerprint density at radius 2 is 1.89 bits per heavy atom. The molecule has 0 bridgehead atoms. The standard InChI is InChI=1S/C28H29N5O3/c1-36-27-18-29-26(17-30-27)31-28(35)33-15-4-14-32-16-13-23(24(32)19-33)21-10-7-20(8-11-21)9-12-22-5-2-3-6-25(22)34/h2-3,5-8,10-11,17-18,23-24,34H,4,13-16,19H2,1H3,(H,29,31,35)/t23-,24+/m1/s1. The highest BCUT2D eigenvalue weighted by Gasteiger charge is 2.38. The summed E-state index contributed by atoms with van der Waals surface area (Å²) in [4.78, 5) is 25.7. The lowest BCUT2D eigenvalue weighted by atomic mass is 9.91. The van der Waals surface area contributed by atoms with E-state index in [2.05, 4.69) is 44.2 Å². The molecule has 1 aromatic heterocycles. The number of anilines is 1. The highest BCUT2D eigenvalue weighted by molar-refractivity contribution is 5.88. The van der Waals surface area contributed by atoms with Gasteiger partial charge in [0.15, 0.2) is 5.82 Å². The van der Waals surface area contributed by atoms with Crippen molar-refractivity contribution in [2.75, 3.05) is 38.6 Å². The Bertz CT molecular complexity index is 1270. The van der Waals surface area contributed by atoms with E-state index in [0.717, 1.165) is 31.5 Å². The van der Waals surface area contributed by atoms with E-state index in [4.69, 9.17) is 4.74 Å². The molecule has 184 valence electrons. The van der Waals surface area contributed by atoms with Gasteiger partial charge in [0.25, 0.3) is 0 Å². The number of benzene rings is 2. The fourth-order valence-electron chi connectivity index (χ4n) is 5.00. The van der Waals surface area contributed by atoms with E-state index in [1.54, 1.807) is 18.2 Å². The molecule has 5 rings (SSSR count). The quantitative estimate of drug-likeness (QED) is 0.553. The highest BCUT2D eigenvalue weighted by Crippen LogP contribution is 2.35. The number of fused-ring (bicyclic) bond motifs is 1. The second-order valence-corrected chi connectivity index (χ2v) is 9.06. The molecular weight excluding hydrogens is 454 g/mol. The Morgan fingerprint density at radius 1 is 1.06 bits per heavy atom. The van der Waals surface area contributed by atoms with E-state index in [9.17, 15) is 9.90 Å². The molecule has 0 saturated carbocycles. The minimum absolute atomic E-state index is 0.156. The van der Waals surface area contributed by atoms with Gasteiger partial charge in [-0.1, -0.05) is 36.1 Å². The smallest absolute Gasteiger partial charge is 0.323 e. The van der Waals surface area contributed by atoms with Crippen molar-refractivity contribution >= 4 is 11.8 Å². The van der Waals surface area contributed by atoms with Crippen molar-refractivity contribution in [1.82, 2.24) is 19.8 Å². The first kappa shape index (κ1) is 23.6. The van der Waals surface area contributed by atoms with Crippen molar-refractivity contribution in [1.29, 1.82) is 0 Å². The Kier molecular flexibility index (Phi) is 7.01. The third kappa shape index (κ3) is 5.26. The molecule has 0 spiro atoms. The van der Waals surface area contributed by atoms with Gasteiger partial charge < -0.3 is 14.7 Å². The minimum Gasteiger partial charge on any atom is -0.507 e. The lowest BCUT2D eigenvalue weighted by molar-refractivity contribution is 0.196. The summed E-state index contributed by atoms with van der Waals surface area (Å²) >= 11 is 0. The number of urea groups is 1. The Morgan fingerprint density at radius 3 is 2.64 bits per heavy atom. The molecule has 8 heteroatoms. The lowest BCUT2D eigenvalue weighted by Crippen LogP contribution is -2.43. The summed E-state index contributed by atoms with van der Waals surface area (Å²) < 4.78 is 5.03. The second-order valence-electron chi connectivity index (χ2n) is 9.06. The molecule has 2 amide bonds. The summed E-state index contributed by atoms with van der Waals surface area (Å²) in [5.74, 6) is 7.53. The van der Waals surface area contributed by atoms with E-state index in [-0.39, 0.29) is 17.8 Å². The first-order valence-electron chi connectivity index (χ1n) is 12.2. The van der Waals surface area contributed by atoms with Crippen molar-refractivity contribution in [3.8, 4) is 23.5 Å². The monoisotopic (exact) mass is 483 g/mol. The number of para-hydroxylation sites is 1. The molecule has 2 aliphatic rings. The molecular formula is C28H29N5O3. The van der Waals surface area contributed by atoms with Crippen LogP contribution in [0, 0.1) is 11.8 Å². The summed E-state index contributed by atoms with van der Waals surface area (Å²) in [6.45, 7) is 3.38. The number of hydrogen-bond acceptors (Lipinski definition) is 6. The van der Waals surface area contributed by atoms with Crippen LogP contribution in [0.3, 0.4) is 0 Å². The molecule has 2 atom stereocenters. The average Bonchev–Trinajstić information content (AvgIpc) is 3.18. The summed E-state index contributed by atoms with van der Waals surface area (Å²) in [5.41, 5.74) is 2.78. The Hall–Kier alpha value is -4.09. The molecule has 2 aliphatic heterocycles. The van der Waals surface area contributed by atoms with Crippen LogP contribution in [-0.4, -0.2) is 70.2 Å². The summed E-state index contributed by atoms with van der Waals surface area (Å²) in [7, 11) is 1.53. The summed E-state index contributed by atoms with van der Waals surface area (Å²) in [6.07, 6.45) is 4.99. The SMILES string of the molecule is COc1cnc(NC(=O)N2CCCN3CC[C@H](c4ccc(C#Cc5ccccc5O)cc4)[C@@H]3C2)cn1. The number of carbonyl (C=O) groups excluding carboxylic acids is 1. The summed E-state index contributed by atoms with van der Waals surface area (Å²) in [6, 6.07) is 15.6. The van der Waals surface area contributed by atoms with E-state index in [1.807, 2.05) is 23.1 Å². The number of carbonyl (C=O) groups is 1. The molecule has 8 nitrogen and oxygen atoms in total. The molecule has 2 fully saturated rings. The fourth-order valence-corrected chi connectivity index (χ4v) is 5.00. The molecule has 2 aromatic carbocycles. The molecule has 3 aromatic rings. The van der Waals surface area contributed by atoms with Gasteiger partial charge in [-0.3, -0.25) is 10.2 Å². The molecule has 2 N–H and O–H groups in total. The van der Waals surface area contributed by atoms with E-state index in [1.165, 1.54) is 25.1 Å². The summed E-state index contributed by atoms with van der Waals surface area (Å²) in [5, 5.41) is 12.8. The number of phenols is 1. The van der Waals surface area contributed by atoms with Crippen LogP contribution in [-0.2, 0) is 0 Å². The van der Waals surface area contributed by atoms with Crippen LogP contribution in [0.25, 0.3) is 0 Å². The van der Waals surface area contributed by atoms with Gasteiger partial charge in [0, 0.05) is 37.2 Å². The van der Waals surface area contributed by atoms with E-state index < -0.39 is 0 Å². The normalized spacial score (nSPS) is 19.5. The zero-order valence-electron chi connectivity index (χ0n) is 20.2. The van der Waals surface area contributed by atoms with Crippen LogP contribution in [0.1, 0.15) is 35.4 Å². The third-order valence-electron chi connectivity index (χ3n) is 6.89. The van der Waals surface area contributed by atoms with Crippen molar-refractivity contribution in [3.05, 3.63) is 77.6 Å². The van der Waals surface area contributed by atoms with Crippen molar-refractivity contribution in [2.45, 2.75) is 24.8 Å². The van der Waals surface area contributed by atoms with Gasteiger partial charge in [-0.15, -0.1) is 0 Å². The first-order valence-corrected chi connectivity index (χ1v) is 12.2. The first-order chi connectivity index (χ1) is 17.6. The topological polar surface area (TPSA) is 90.8 Å².